The van der Waals surface area contributed by atoms with Crippen molar-refractivity contribution < 1.29 is 9.53 Å². The Morgan fingerprint density at radius 1 is 1.60 bits per heavy atom. The summed E-state index contributed by atoms with van der Waals surface area (Å²) in [5.74, 6) is -0.299. The van der Waals surface area contributed by atoms with Crippen LogP contribution in [0.4, 0.5) is 0 Å². The van der Waals surface area contributed by atoms with Crippen molar-refractivity contribution in [3.8, 4) is 0 Å². The first kappa shape index (κ1) is 12.5. The quantitative estimate of drug-likeness (QED) is 0.474. The molecule has 0 spiro atoms. The van der Waals surface area contributed by atoms with Crippen LogP contribution in [-0.4, -0.2) is 29.4 Å². The van der Waals surface area contributed by atoms with E-state index in [1.165, 1.54) is 27.3 Å². The molecule has 1 atom stereocenters. The van der Waals surface area contributed by atoms with E-state index >= 15 is 0 Å². The van der Waals surface area contributed by atoms with E-state index in [2.05, 4.69) is 15.9 Å². The molecule has 0 saturated heterocycles. The summed E-state index contributed by atoms with van der Waals surface area (Å²) in [4.78, 5) is 11.1. The molecule has 1 aromatic rings. The summed E-state index contributed by atoms with van der Waals surface area (Å²) in [6.45, 7) is 2.20. The van der Waals surface area contributed by atoms with Gasteiger partial charge in [0.2, 0.25) is 0 Å². The molecule has 0 aliphatic rings. The van der Waals surface area contributed by atoms with Crippen LogP contribution >= 0.6 is 15.9 Å². The maximum absolute atomic E-state index is 11.1. The van der Waals surface area contributed by atoms with Gasteiger partial charge in [-0.2, -0.15) is 0 Å². The molecule has 0 fully saturated rings. The van der Waals surface area contributed by atoms with Crippen molar-refractivity contribution in [1.29, 1.82) is 0 Å². The minimum absolute atomic E-state index is 0.299. The number of benzene rings is 1. The van der Waals surface area contributed by atoms with Gasteiger partial charge in [0, 0.05) is 0 Å². The van der Waals surface area contributed by atoms with Crippen molar-refractivity contribution >= 4 is 49.2 Å². The molecule has 0 N–H and O–H groups in total. The molecular weight excluding hydrogens is 319 g/mol. The molecule has 0 amide bonds. The summed E-state index contributed by atoms with van der Waals surface area (Å²) in [6, 6.07) is 5.95. The normalized spacial score (nSPS) is 10.6. The monoisotopic (exact) mass is 330 g/mol. The Hall–Kier alpha value is -0.532. The summed E-state index contributed by atoms with van der Waals surface area (Å²) >= 11 is 4.92. The first-order chi connectivity index (χ1) is 7.13. The summed E-state index contributed by atoms with van der Waals surface area (Å²) in [5, 5.41) is 0. The van der Waals surface area contributed by atoms with Gasteiger partial charge in [-0.3, -0.25) is 0 Å². The van der Waals surface area contributed by atoms with E-state index < -0.39 is 0 Å². The van der Waals surface area contributed by atoms with Crippen LogP contribution in [-0.2, 0) is 9.53 Å². The molecule has 1 unspecified atom stereocenters. The number of carbonyl (C=O) groups excluding carboxylic acids is 1. The SMILES string of the molecule is CCOC(=O)C=Cc1ccc(Br)cc1[AsH2]. The second-order valence-electron chi connectivity index (χ2n) is 2.86. The summed E-state index contributed by atoms with van der Waals surface area (Å²) < 4.78 is 7.03. The van der Waals surface area contributed by atoms with Gasteiger partial charge in [0.15, 0.2) is 0 Å². The number of ether oxygens (including phenoxy) is 1. The first-order valence-corrected chi connectivity index (χ1v) is 6.53. The Morgan fingerprint density at radius 2 is 2.33 bits per heavy atom. The van der Waals surface area contributed by atoms with Crippen molar-refractivity contribution in [2.45, 2.75) is 6.92 Å². The van der Waals surface area contributed by atoms with Crippen LogP contribution in [0.5, 0.6) is 0 Å². The van der Waals surface area contributed by atoms with Gasteiger partial charge in [-0.15, -0.1) is 0 Å². The van der Waals surface area contributed by atoms with Crippen molar-refractivity contribution in [2.24, 2.45) is 0 Å². The van der Waals surface area contributed by atoms with Crippen LogP contribution in [0.15, 0.2) is 28.7 Å². The van der Waals surface area contributed by atoms with Crippen molar-refractivity contribution in [3.63, 3.8) is 0 Å². The van der Waals surface area contributed by atoms with Crippen LogP contribution in [0.3, 0.4) is 0 Å². The van der Waals surface area contributed by atoms with E-state index in [1.54, 1.807) is 13.0 Å². The molecule has 1 aromatic carbocycles. The fourth-order valence-electron chi connectivity index (χ4n) is 1.05. The zero-order valence-corrected chi connectivity index (χ0v) is 12.4. The van der Waals surface area contributed by atoms with Crippen molar-refractivity contribution in [1.82, 2.24) is 0 Å². The van der Waals surface area contributed by atoms with Gasteiger partial charge >= 0.3 is 107 Å². The minimum atomic E-state index is -0.299. The molecule has 4 heteroatoms. The Morgan fingerprint density at radius 3 is 2.93 bits per heavy atom. The third-order valence-corrected chi connectivity index (χ3v) is 3.28. The topological polar surface area (TPSA) is 26.3 Å². The molecule has 80 valence electrons. The predicted molar refractivity (Wildman–Crippen MR) is 68.0 cm³/mol. The van der Waals surface area contributed by atoms with E-state index in [-0.39, 0.29) is 5.97 Å². The molecule has 0 bridgehead atoms. The van der Waals surface area contributed by atoms with Gasteiger partial charge in [0.1, 0.15) is 0 Å². The molecule has 0 radical (unpaired) electrons. The molecule has 0 aromatic heterocycles. The number of hydrogen-bond acceptors (Lipinski definition) is 2. The first-order valence-electron chi connectivity index (χ1n) is 4.53. The molecule has 0 heterocycles. The van der Waals surface area contributed by atoms with Gasteiger partial charge in [-0.05, 0) is 0 Å². The molecule has 0 aliphatic heterocycles. The van der Waals surface area contributed by atoms with Crippen molar-refractivity contribution in [3.05, 3.63) is 34.3 Å². The third-order valence-electron chi connectivity index (χ3n) is 1.73. The van der Waals surface area contributed by atoms with Crippen LogP contribution in [0, 0.1) is 0 Å². The predicted octanol–water partition coefficient (Wildman–Crippen LogP) is 1.28. The Bertz CT molecular complexity index is 388. The van der Waals surface area contributed by atoms with E-state index in [0.29, 0.717) is 6.61 Å². The number of halogens is 1. The van der Waals surface area contributed by atoms with Crippen LogP contribution in [0.25, 0.3) is 6.08 Å². The van der Waals surface area contributed by atoms with E-state index in [9.17, 15) is 4.79 Å². The van der Waals surface area contributed by atoms with Crippen LogP contribution in [0.2, 0.25) is 0 Å². The molecule has 1 rings (SSSR count). The summed E-state index contributed by atoms with van der Waals surface area (Å²) in [6.07, 6.45) is 3.23. The fourth-order valence-corrected chi connectivity index (χ4v) is 2.72. The maximum atomic E-state index is 11.1. The zero-order chi connectivity index (χ0) is 11.3. The second-order valence-corrected chi connectivity index (χ2v) is 5.08. The molecule has 0 aliphatic carbocycles. The summed E-state index contributed by atoms with van der Waals surface area (Å²) in [7, 11) is 0. The summed E-state index contributed by atoms with van der Waals surface area (Å²) in [5.41, 5.74) is 1.05. The average Bonchev–Trinajstić information content (AvgIpc) is 2.17. The van der Waals surface area contributed by atoms with Gasteiger partial charge in [-0.1, -0.05) is 0 Å². The number of hydrogen-bond donors (Lipinski definition) is 0. The molecule has 15 heavy (non-hydrogen) atoms. The standard InChI is InChI=1S/C11H12AsBrO2/c1-2-15-11(14)6-4-8-3-5-9(13)7-10(8)12/h3-7H,2,12H2,1H3. The van der Waals surface area contributed by atoms with Gasteiger partial charge in [0.05, 0.1) is 0 Å². The van der Waals surface area contributed by atoms with Crippen LogP contribution in [0.1, 0.15) is 12.5 Å². The molecular formula is C11H12AsBrO2. The van der Waals surface area contributed by atoms with E-state index in [4.69, 9.17) is 4.74 Å². The van der Waals surface area contributed by atoms with Gasteiger partial charge in [0.25, 0.3) is 0 Å². The Kier molecular flexibility index (Phi) is 5.13. The van der Waals surface area contributed by atoms with Gasteiger partial charge in [-0.25, -0.2) is 0 Å². The second kappa shape index (κ2) is 6.14. The van der Waals surface area contributed by atoms with E-state index in [1.807, 2.05) is 18.2 Å². The Labute approximate surface area is 106 Å². The van der Waals surface area contributed by atoms with Gasteiger partial charge < -0.3 is 0 Å². The van der Waals surface area contributed by atoms with Crippen LogP contribution < -0.4 is 4.35 Å². The molecule has 0 saturated carbocycles. The number of rotatable bonds is 3. The number of esters is 1. The molecule has 2 nitrogen and oxygen atoms in total. The zero-order valence-electron chi connectivity index (χ0n) is 8.37. The third kappa shape index (κ3) is 4.23. The number of carbonyl (C=O) groups is 1. The fraction of sp³-hybridized carbons (Fsp3) is 0.182. The van der Waals surface area contributed by atoms with Crippen molar-refractivity contribution in [2.75, 3.05) is 6.61 Å². The Balaban J connectivity index is 2.76. The average molecular weight is 331 g/mol. The van der Waals surface area contributed by atoms with E-state index in [0.717, 1.165) is 10.0 Å².